The molecule has 0 N–H and O–H groups in total. The molecule has 0 aromatic carbocycles. The predicted octanol–water partition coefficient (Wildman–Crippen LogP) is -0.713. The van der Waals surface area contributed by atoms with Crippen LogP contribution in [0.4, 0.5) is 0 Å². The Bertz CT molecular complexity index is 432. The van der Waals surface area contributed by atoms with Gasteiger partial charge in [0.2, 0.25) is 0 Å². The van der Waals surface area contributed by atoms with Gasteiger partial charge in [0, 0.05) is 0 Å². The fourth-order valence-corrected chi connectivity index (χ4v) is 0. The minimum absolute atomic E-state index is 8.64. The zero-order chi connectivity index (χ0) is 6.41. The van der Waals surface area contributed by atoms with E-state index >= 15 is 0 Å². The Morgan fingerprint density at radius 1 is 0.571 bits per heavy atom. The molecule has 0 heterocycles. The van der Waals surface area contributed by atoms with Gasteiger partial charge in [-0.15, -0.1) is 0 Å². The van der Waals surface area contributed by atoms with E-state index in [1.165, 1.54) is 0 Å². The zero-order valence-electron chi connectivity index (χ0n) is 2.71. The molecule has 0 fully saturated rings. The monoisotopic (exact) mass is 271 g/mol. The van der Waals surface area contributed by atoms with E-state index in [0.29, 0.717) is 0 Å². The van der Waals surface area contributed by atoms with E-state index in [1.807, 2.05) is 0 Å². The van der Waals surface area contributed by atoms with Crippen LogP contribution < -0.4 is 0 Å². The summed E-state index contributed by atoms with van der Waals surface area (Å²) in [5.41, 5.74) is 0. The van der Waals surface area contributed by atoms with Gasteiger partial charge in [0.15, 0.2) is 0 Å². The van der Waals surface area contributed by atoms with Crippen LogP contribution in [0, 0.1) is 25.9 Å². The van der Waals surface area contributed by atoms with Gasteiger partial charge in [0.05, 0.1) is 0 Å². The van der Waals surface area contributed by atoms with E-state index < -0.39 is 25.9 Å². The Morgan fingerprint density at radius 3 is 0.571 bits per heavy atom. The van der Waals surface area contributed by atoms with Gasteiger partial charge in [-0.1, -0.05) is 0 Å². The van der Waals surface area contributed by atoms with Crippen molar-refractivity contribution in [2.24, 2.45) is 0 Å². The molecule has 0 aromatic rings. The van der Waals surface area contributed by atoms with Crippen molar-refractivity contribution in [3.8, 4) is 0 Å². The maximum absolute atomic E-state index is 9.39. The minimum atomic E-state index is -9.39. The zero-order valence-corrected chi connectivity index (χ0v) is 4.36. The molecule has 0 saturated carbocycles. The summed E-state index contributed by atoms with van der Waals surface area (Å²) in [5, 5.41) is 0. The van der Waals surface area contributed by atoms with E-state index in [-0.39, 0.29) is 0 Å². The van der Waals surface area contributed by atoms with Gasteiger partial charge >= 0.3 is 35.1 Å². The molecule has 0 aliphatic heterocycles. The topological polar surface area (TPSA) is 102 Å². The van der Waals surface area contributed by atoms with E-state index in [2.05, 4.69) is 0 Å². The van der Waals surface area contributed by atoms with Crippen LogP contribution in [0.15, 0.2) is 0 Å². The molecule has 0 spiro atoms. The second kappa shape index (κ2) is 0.676. The summed E-state index contributed by atoms with van der Waals surface area (Å²) >= 11 is -9.39. The van der Waals surface area contributed by atoms with Gasteiger partial charge in [-0.3, -0.25) is 0 Å². The van der Waals surface area contributed by atoms with Crippen LogP contribution in [0.2, 0.25) is 0 Å². The van der Waals surface area contributed by atoms with Crippen molar-refractivity contribution in [3.63, 3.8) is 0 Å². The summed E-state index contributed by atoms with van der Waals surface area (Å²) in [7, 11) is 0. The van der Waals surface area contributed by atoms with Crippen molar-refractivity contribution in [3.05, 3.63) is 0 Å². The Labute approximate surface area is 35.0 Å². The van der Waals surface area contributed by atoms with Gasteiger partial charge in [0.25, 0.3) is 0 Å². The first-order chi connectivity index (χ1) is 2.45. The molecule has 0 rings (SSSR count). The predicted molar refractivity (Wildman–Crippen MR) is 4.12 cm³/mol. The molecule has 0 atom stereocenters. The first-order valence-electron chi connectivity index (χ1n) is 0.632. The Morgan fingerprint density at radius 2 is 0.571 bits per heavy atom. The molecule has 7 heavy (non-hydrogen) atoms. The van der Waals surface area contributed by atoms with Gasteiger partial charge in [-0.25, -0.2) is 0 Å². The van der Waals surface area contributed by atoms with Crippen LogP contribution in [0.3, 0.4) is 0 Å². The molecule has 0 aromatic heterocycles. The van der Waals surface area contributed by atoms with Gasteiger partial charge in [-0.2, -0.15) is 0 Å². The summed E-state index contributed by atoms with van der Waals surface area (Å²) in [6.07, 6.45) is 0. The average Bonchev–Trinajstić information content (AvgIpc) is 0.592. The SMILES string of the molecule is [O]=[Lu](=[O])(=[O])(=[O])(=[O])=[O]. The first kappa shape index (κ1) is 7.03. The molecule has 51 valence electrons. The van der Waals surface area contributed by atoms with E-state index in [9.17, 15) is 0 Å². The molecule has 0 aliphatic carbocycles. The molecule has 7 heteroatoms. The summed E-state index contributed by atoms with van der Waals surface area (Å²) in [5.74, 6) is 0. The van der Waals surface area contributed by atoms with Gasteiger partial charge in [0.1, 0.15) is 0 Å². The quantitative estimate of drug-likeness (QED) is 0.576. The molecule has 0 bridgehead atoms. The van der Waals surface area contributed by atoms with Crippen LogP contribution in [0.25, 0.3) is 0 Å². The van der Waals surface area contributed by atoms with Crippen LogP contribution in [0.1, 0.15) is 0 Å². The van der Waals surface area contributed by atoms with Crippen LogP contribution in [-0.2, 0) is 9.24 Å². The third-order valence-corrected chi connectivity index (χ3v) is 0. The van der Waals surface area contributed by atoms with Crippen molar-refractivity contribution in [1.82, 2.24) is 0 Å². The summed E-state index contributed by atoms with van der Waals surface area (Å²) < 4.78 is 51.8. The molecular formula is LuO6. The van der Waals surface area contributed by atoms with E-state index in [0.717, 1.165) is 0 Å². The van der Waals surface area contributed by atoms with Crippen molar-refractivity contribution in [2.75, 3.05) is 0 Å². The molecular weight excluding hydrogens is 271 g/mol. The van der Waals surface area contributed by atoms with E-state index in [4.69, 9.17) is 9.24 Å². The molecule has 0 unspecified atom stereocenters. The second-order valence-corrected chi connectivity index (χ2v) is 4.79. The maximum atomic E-state index is 8.64. The number of hydrogen-bond acceptors (Lipinski definition) is 6. The van der Waals surface area contributed by atoms with Crippen molar-refractivity contribution < 1.29 is 35.1 Å². The standard InChI is InChI=1S/Lu.6O. The third-order valence-electron chi connectivity index (χ3n) is 0. The Balaban J connectivity index is 8.86. The molecule has 0 saturated heterocycles. The fourth-order valence-electron chi connectivity index (χ4n) is 0. The van der Waals surface area contributed by atoms with Crippen LogP contribution in [-0.4, -0.2) is 0 Å². The van der Waals surface area contributed by atoms with Crippen molar-refractivity contribution in [2.45, 2.75) is 0 Å². The normalized spacial score (nSPS) is 22.3. The van der Waals surface area contributed by atoms with Crippen LogP contribution >= 0.6 is 0 Å². The number of hydrogen-bond donors (Lipinski definition) is 0. The second-order valence-electron chi connectivity index (χ2n) is 0.645. The van der Waals surface area contributed by atoms with Crippen molar-refractivity contribution in [1.29, 1.82) is 0 Å². The molecule has 0 amide bonds. The summed E-state index contributed by atoms with van der Waals surface area (Å²) in [4.78, 5) is 0. The summed E-state index contributed by atoms with van der Waals surface area (Å²) in [6, 6.07) is 0. The Kier molecular flexibility index (Phi) is 0.680. The average molecular weight is 271 g/mol. The van der Waals surface area contributed by atoms with Crippen LogP contribution in [0.5, 0.6) is 0 Å². The van der Waals surface area contributed by atoms with Crippen molar-refractivity contribution >= 4 is 0 Å². The van der Waals surface area contributed by atoms with E-state index in [1.54, 1.807) is 0 Å². The molecule has 0 radical (unpaired) electrons. The van der Waals surface area contributed by atoms with Gasteiger partial charge in [-0.05, 0) is 0 Å². The fraction of sp³-hybridized carbons (Fsp3) is 0. The summed E-state index contributed by atoms with van der Waals surface area (Å²) in [6.45, 7) is 0. The Hall–Kier alpha value is 0.0338. The third kappa shape index (κ3) is 86100. The number of rotatable bonds is 0. The first-order valence-corrected chi connectivity index (χ1v) is 4.69. The van der Waals surface area contributed by atoms with Gasteiger partial charge < -0.3 is 0 Å². The molecule has 0 aliphatic rings. The molecule has 6 nitrogen and oxygen atoms in total.